The van der Waals surface area contributed by atoms with Crippen LogP contribution < -0.4 is 15.6 Å². The first-order valence-electron chi connectivity index (χ1n) is 11.9. The molecule has 0 aliphatic carbocycles. The standard InChI is InChI=1S/C26H33N5O3/c1-5-23(24-28-22-13-8-7-12-21(22)25(32)30(24)6-2)29-14-15-31(18(3)17-29)26(33)27-19-10-9-11-20(16-19)34-4/h7-13,16,18,23H,5-6,14-15,17H2,1-4H3,(H,27,33). The van der Waals surface area contributed by atoms with E-state index in [4.69, 9.17) is 9.72 Å². The van der Waals surface area contributed by atoms with Crippen molar-refractivity contribution < 1.29 is 9.53 Å². The Hall–Kier alpha value is -3.39. The topological polar surface area (TPSA) is 79.7 Å². The summed E-state index contributed by atoms with van der Waals surface area (Å²) >= 11 is 0. The molecule has 2 aromatic carbocycles. The lowest BCUT2D eigenvalue weighted by Gasteiger charge is -2.43. The van der Waals surface area contributed by atoms with Crippen LogP contribution in [0.25, 0.3) is 10.9 Å². The second kappa shape index (κ2) is 10.3. The average Bonchev–Trinajstić information content (AvgIpc) is 2.85. The van der Waals surface area contributed by atoms with Gasteiger partial charge in [0.15, 0.2) is 0 Å². The molecule has 1 saturated heterocycles. The molecular formula is C26H33N5O3. The molecule has 1 aromatic heterocycles. The zero-order valence-electron chi connectivity index (χ0n) is 20.3. The predicted molar refractivity (Wildman–Crippen MR) is 134 cm³/mol. The maximum atomic E-state index is 13.1. The van der Waals surface area contributed by atoms with E-state index in [-0.39, 0.29) is 23.7 Å². The molecule has 0 spiro atoms. The second-order valence-corrected chi connectivity index (χ2v) is 8.66. The summed E-state index contributed by atoms with van der Waals surface area (Å²) in [6.07, 6.45) is 0.827. The third kappa shape index (κ3) is 4.63. The van der Waals surface area contributed by atoms with Gasteiger partial charge >= 0.3 is 6.03 Å². The lowest BCUT2D eigenvalue weighted by atomic mass is 10.1. The number of ether oxygens (including phenoxy) is 1. The number of nitrogens with one attached hydrogen (secondary N) is 1. The largest absolute Gasteiger partial charge is 0.497 e. The Kier molecular flexibility index (Phi) is 7.17. The van der Waals surface area contributed by atoms with Crippen LogP contribution in [0.3, 0.4) is 0 Å². The molecule has 1 fully saturated rings. The SMILES string of the molecule is CCC(c1nc2ccccc2c(=O)n1CC)N1CCN(C(=O)Nc2cccc(OC)c2)C(C)C1. The van der Waals surface area contributed by atoms with E-state index >= 15 is 0 Å². The van der Waals surface area contributed by atoms with Crippen LogP contribution in [0.1, 0.15) is 39.1 Å². The number of benzene rings is 2. The molecule has 1 N–H and O–H groups in total. The molecule has 2 unspecified atom stereocenters. The zero-order valence-corrected chi connectivity index (χ0v) is 20.3. The summed E-state index contributed by atoms with van der Waals surface area (Å²) in [6, 6.07) is 14.8. The summed E-state index contributed by atoms with van der Waals surface area (Å²) in [5.74, 6) is 1.50. The number of fused-ring (bicyclic) bond motifs is 1. The molecule has 1 aliphatic heterocycles. The van der Waals surface area contributed by atoms with Gasteiger partial charge in [-0.15, -0.1) is 0 Å². The highest BCUT2D eigenvalue weighted by molar-refractivity contribution is 5.89. The summed E-state index contributed by atoms with van der Waals surface area (Å²) < 4.78 is 7.04. The number of hydrogen-bond acceptors (Lipinski definition) is 5. The molecule has 0 bridgehead atoms. The fraction of sp³-hybridized carbons (Fsp3) is 0.423. The number of carbonyl (C=O) groups is 1. The second-order valence-electron chi connectivity index (χ2n) is 8.66. The summed E-state index contributed by atoms with van der Waals surface area (Å²) in [4.78, 5) is 35.3. The number of aromatic nitrogens is 2. The third-order valence-corrected chi connectivity index (χ3v) is 6.57. The summed E-state index contributed by atoms with van der Waals surface area (Å²) in [5.41, 5.74) is 1.44. The molecule has 2 atom stereocenters. The van der Waals surface area contributed by atoms with Crippen LogP contribution in [-0.2, 0) is 6.54 Å². The van der Waals surface area contributed by atoms with Crippen molar-refractivity contribution in [1.29, 1.82) is 0 Å². The molecule has 1 aliphatic rings. The molecule has 180 valence electrons. The van der Waals surface area contributed by atoms with Crippen LogP contribution in [0.15, 0.2) is 53.3 Å². The fourth-order valence-electron chi connectivity index (χ4n) is 4.82. The Bertz CT molecular complexity index is 1220. The predicted octanol–water partition coefficient (Wildman–Crippen LogP) is 4.11. The van der Waals surface area contributed by atoms with Crippen molar-refractivity contribution in [2.75, 3.05) is 32.1 Å². The first kappa shape index (κ1) is 23.8. The van der Waals surface area contributed by atoms with E-state index in [1.54, 1.807) is 17.7 Å². The van der Waals surface area contributed by atoms with E-state index in [0.717, 1.165) is 17.8 Å². The molecule has 2 heterocycles. The summed E-state index contributed by atoms with van der Waals surface area (Å²) in [6.45, 7) is 8.75. The first-order chi connectivity index (χ1) is 16.5. The molecule has 0 saturated carbocycles. The Labute approximate surface area is 200 Å². The van der Waals surface area contributed by atoms with Crippen molar-refractivity contribution in [3.05, 3.63) is 64.7 Å². The molecule has 2 amide bonds. The highest BCUT2D eigenvalue weighted by Gasteiger charge is 2.33. The molecule has 3 aromatic rings. The Morgan fingerprint density at radius 3 is 2.68 bits per heavy atom. The highest BCUT2D eigenvalue weighted by atomic mass is 16.5. The van der Waals surface area contributed by atoms with E-state index in [9.17, 15) is 9.59 Å². The average molecular weight is 464 g/mol. The van der Waals surface area contributed by atoms with E-state index in [2.05, 4.69) is 24.1 Å². The van der Waals surface area contributed by atoms with Gasteiger partial charge in [0.25, 0.3) is 5.56 Å². The monoisotopic (exact) mass is 463 g/mol. The van der Waals surface area contributed by atoms with E-state index in [1.807, 2.05) is 54.3 Å². The van der Waals surface area contributed by atoms with Crippen LogP contribution in [0.2, 0.25) is 0 Å². The normalized spacial score (nSPS) is 17.5. The molecular weight excluding hydrogens is 430 g/mol. The van der Waals surface area contributed by atoms with Crippen LogP contribution in [0.4, 0.5) is 10.5 Å². The number of hydrogen-bond donors (Lipinski definition) is 1. The minimum atomic E-state index is -0.122. The van der Waals surface area contributed by atoms with Crippen molar-refractivity contribution in [2.45, 2.75) is 45.8 Å². The number of urea groups is 1. The van der Waals surface area contributed by atoms with Gasteiger partial charge in [0.2, 0.25) is 0 Å². The minimum Gasteiger partial charge on any atom is -0.497 e. The quantitative estimate of drug-likeness (QED) is 0.595. The number of amides is 2. The van der Waals surface area contributed by atoms with Gasteiger partial charge in [-0.3, -0.25) is 14.3 Å². The number of para-hydroxylation sites is 1. The first-order valence-corrected chi connectivity index (χ1v) is 11.9. The van der Waals surface area contributed by atoms with Gasteiger partial charge in [-0.1, -0.05) is 25.1 Å². The molecule has 0 radical (unpaired) electrons. The fourth-order valence-corrected chi connectivity index (χ4v) is 4.82. The van der Waals surface area contributed by atoms with Gasteiger partial charge in [0.1, 0.15) is 11.6 Å². The van der Waals surface area contributed by atoms with Gasteiger partial charge < -0.3 is 15.0 Å². The number of anilines is 1. The van der Waals surface area contributed by atoms with Gasteiger partial charge in [0.05, 0.1) is 24.1 Å². The molecule has 4 rings (SSSR count). The number of carbonyl (C=O) groups excluding carboxylic acids is 1. The third-order valence-electron chi connectivity index (χ3n) is 6.57. The van der Waals surface area contributed by atoms with Gasteiger partial charge in [-0.25, -0.2) is 9.78 Å². The summed E-state index contributed by atoms with van der Waals surface area (Å²) in [7, 11) is 1.61. The van der Waals surface area contributed by atoms with Crippen LogP contribution in [-0.4, -0.2) is 58.2 Å². The Morgan fingerprint density at radius 1 is 1.18 bits per heavy atom. The Balaban J connectivity index is 1.53. The molecule has 8 nitrogen and oxygen atoms in total. The lowest BCUT2D eigenvalue weighted by Crippen LogP contribution is -2.56. The summed E-state index contributed by atoms with van der Waals surface area (Å²) in [5, 5.41) is 3.63. The van der Waals surface area contributed by atoms with Crippen LogP contribution in [0.5, 0.6) is 5.75 Å². The maximum absolute atomic E-state index is 13.1. The smallest absolute Gasteiger partial charge is 0.322 e. The van der Waals surface area contributed by atoms with Crippen molar-refractivity contribution >= 4 is 22.6 Å². The zero-order chi connectivity index (χ0) is 24.2. The maximum Gasteiger partial charge on any atom is 0.322 e. The van der Waals surface area contributed by atoms with E-state index in [0.29, 0.717) is 43.0 Å². The number of methoxy groups -OCH3 is 1. The van der Waals surface area contributed by atoms with Crippen molar-refractivity contribution in [3.63, 3.8) is 0 Å². The Morgan fingerprint density at radius 2 is 1.97 bits per heavy atom. The number of nitrogens with zero attached hydrogens (tertiary/aromatic N) is 4. The lowest BCUT2D eigenvalue weighted by molar-refractivity contribution is 0.0718. The van der Waals surface area contributed by atoms with Crippen molar-refractivity contribution in [3.8, 4) is 5.75 Å². The van der Waals surface area contributed by atoms with Gasteiger partial charge in [-0.2, -0.15) is 0 Å². The van der Waals surface area contributed by atoms with E-state index < -0.39 is 0 Å². The van der Waals surface area contributed by atoms with Gasteiger partial charge in [0, 0.05) is 44.0 Å². The van der Waals surface area contributed by atoms with Crippen LogP contribution >= 0.6 is 0 Å². The highest BCUT2D eigenvalue weighted by Crippen LogP contribution is 2.27. The van der Waals surface area contributed by atoms with E-state index in [1.165, 1.54) is 0 Å². The van der Waals surface area contributed by atoms with Gasteiger partial charge in [-0.05, 0) is 44.5 Å². The van der Waals surface area contributed by atoms with Crippen molar-refractivity contribution in [1.82, 2.24) is 19.4 Å². The minimum absolute atomic E-state index is 0.00306. The number of rotatable bonds is 6. The molecule has 34 heavy (non-hydrogen) atoms. The number of piperazine rings is 1. The van der Waals surface area contributed by atoms with Crippen molar-refractivity contribution in [2.24, 2.45) is 0 Å². The molecule has 8 heteroatoms. The van der Waals surface area contributed by atoms with Crippen LogP contribution in [0, 0.1) is 0 Å².